The van der Waals surface area contributed by atoms with Crippen LogP contribution >= 0.6 is 0 Å². The predicted molar refractivity (Wildman–Crippen MR) is 112 cm³/mol. The van der Waals surface area contributed by atoms with Gasteiger partial charge in [0.05, 0.1) is 7.11 Å². The zero-order valence-electron chi connectivity index (χ0n) is 16.5. The first-order chi connectivity index (χ1) is 13.6. The van der Waals surface area contributed by atoms with Gasteiger partial charge in [-0.05, 0) is 61.4 Å². The van der Waals surface area contributed by atoms with Crippen LogP contribution in [0.3, 0.4) is 0 Å². The molecule has 1 heterocycles. The largest absolute Gasteiger partial charge is 0.497 e. The number of anilines is 3. The molecular formula is C22H27N3O3. The second-order valence-electron chi connectivity index (χ2n) is 6.91. The van der Waals surface area contributed by atoms with Gasteiger partial charge in [-0.1, -0.05) is 0 Å². The molecule has 0 atom stereocenters. The summed E-state index contributed by atoms with van der Waals surface area (Å²) < 4.78 is 5.11. The third kappa shape index (κ3) is 5.03. The summed E-state index contributed by atoms with van der Waals surface area (Å²) in [6.07, 6.45) is 2.68. The van der Waals surface area contributed by atoms with Crippen LogP contribution in [0.25, 0.3) is 0 Å². The van der Waals surface area contributed by atoms with Crippen molar-refractivity contribution in [3.05, 3.63) is 48.5 Å². The lowest BCUT2D eigenvalue weighted by Crippen LogP contribution is -2.32. The van der Waals surface area contributed by atoms with E-state index in [0.717, 1.165) is 24.5 Å². The summed E-state index contributed by atoms with van der Waals surface area (Å²) >= 11 is 0. The van der Waals surface area contributed by atoms with Crippen molar-refractivity contribution in [2.45, 2.75) is 26.2 Å². The Morgan fingerprint density at radius 3 is 2.25 bits per heavy atom. The van der Waals surface area contributed by atoms with Crippen LogP contribution in [0.15, 0.2) is 48.5 Å². The summed E-state index contributed by atoms with van der Waals surface area (Å²) in [5.41, 5.74) is 2.70. The van der Waals surface area contributed by atoms with Crippen LogP contribution < -0.4 is 19.9 Å². The molecule has 28 heavy (non-hydrogen) atoms. The van der Waals surface area contributed by atoms with E-state index in [4.69, 9.17) is 4.74 Å². The number of nitrogens with zero attached hydrogens (tertiary/aromatic N) is 2. The number of benzene rings is 2. The Kier molecular flexibility index (Phi) is 6.53. The van der Waals surface area contributed by atoms with Crippen molar-refractivity contribution in [1.82, 2.24) is 0 Å². The van der Waals surface area contributed by atoms with E-state index in [1.54, 1.807) is 36.3 Å². The molecule has 0 aliphatic carbocycles. The molecule has 0 unspecified atom stereocenters. The Bertz CT molecular complexity index is 797. The maximum absolute atomic E-state index is 12.3. The van der Waals surface area contributed by atoms with Gasteiger partial charge in [0.2, 0.25) is 11.8 Å². The number of hydrogen-bond acceptors (Lipinski definition) is 4. The number of ether oxygens (including phenoxy) is 1. The van der Waals surface area contributed by atoms with E-state index in [-0.39, 0.29) is 18.2 Å². The van der Waals surface area contributed by atoms with Gasteiger partial charge in [0.1, 0.15) is 5.75 Å². The van der Waals surface area contributed by atoms with Gasteiger partial charge in [0.25, 0.3) is 0 Å². The third-order valence-electron chi connectivity index (χ3n) is 4.95. The summed E-state index contributed by atoms with van der Waals surface area (Å²) in [6, 6.07) is 15.2. The van der Waals surface area contributed by atoms with Crippen LogP contribution in [0, 0.1) is 0 Å². The minimum Gasteiger partial charge on any atom is -0.497 e. The molecule has 2 aromatic rings. The summed E-state index contributed by atoms with van der Waals surface area (Å²) in [7, 11) is 1.60. The van der Waals surface area contributed by atoms with E-state index in [1.807, 2.05) is 24.3 Å². The van der Waals surface area contributed by atoms with Crippen molar-refractivity contribution in [2.75, 3.05) is 41.9 Å². The van der Waals surface area contributed by atoms with Crippen molar-refractivity contribution in [2.24, 2.45) is 0 Å². The molecule has 1 fully saturated rings. The molecule has 0 spiro atoms. The molecular weight excluding hydrogens is 354 g/mol. The smallest absolute Gasteiger partial charge is 0.226 e. The van der Waals surface area contributed by atoms with Crippen molar-refractivity contribution in [1.29, 1.82) is 0 Å². The zero-order valence-corrected chi connectivity index (χ0v) is 16.5. The second-order valence-corrected chi connectivity index (χ2v) is 6.91. The number of rotatable bonds is 7. The summed E-state index contributed by atoms with van der Waals surface area (Å²) in [5, 5.41) is 2.85. The number of amides is 2. The summed E-state index contributed by atoms with van der Waals surface area (Å²) in [5.74, 6) is 0.523. The van der Waals surface area contributed by atoms with Gasteiger partial charge in [-0.25, -0.2) is 0 Å². The lowest BCUT2D eigenvalue weighted by atomic mass is 10.2. The van der Waals surface area contributed by atoms with Crippen LogP contribution in [0.4, 0.5) is 17.1 Å². The fraction of sp³-hybridized carbons (Fsp3) is 0.364. The van der Waals surface area contributed by atoms with Crippen LogP contribution in [-0.2, 0) is 9.59 Å². The number of carbonyl (C=O) groups is 2. The predicted octanol–water partition coefficient (Wildman–Crippen LogP) is 3.68. The van der Waals surface area contributed by atoms with Gasteiger partial charge < -0.3 is 19.9 Å². The van der Waals surface area contributed by atoms with E-state index in [2.05, 4.69) is 10.2 Å². The maximum Gasteiger partial charge on any atom is 0.226 e. The molecule has 1 N–H and O–H groups in total. The van der Waals surface area contributed by atoms with Gasteiger partial charge in [-0.15, -0.1) is 0 Å². The first-order valence-electron chi connectivity index (χ1n) is 9.64. The second kappa shape index (κ2) is 9.26. The minimum absolute atomic E-state index is 0.0776. The van der Waals surface area contributed by atoms with Crippen LogP contribution in [0.1, 0.15) is 26.2 Å². The quantitative estimate of drug-likeness (QED) is 0.795. The molecule has 1 aliphatic rings. The van der Waals surface area contributed by atoms with Crippen molar-refractivity contribution in [3.8, 4) is 5.75 Å². The maximum atomic E-state index is 12.3. The standard InChI is InChI=1S/C22H27N3O3/c1-17(26)25(20-9-7-19(8-10-20)24-14-3-4-15-24)16-13-22(27)23-18-5-11-21(28-2)12-6-18/h5-12H,3-4,13-16H2,1-2H3,(H,23,27). The zero-order chi connectivity index (χ0) is 19.9. The number of carbonyl (C=O) groups excluding carboxylic acids is 2. The monoisotopic (exact) mass is 381 g/mol. The average Bonchev–Trinajstić information content (AvgIpc) is 3.24. The number of hydrogen-bond donors (Lipinski definition) is 1. The van der Waals surface area contributed by atoms with Crippen LogP contribution in [0.5, 0.6) is 5.75 Å². The SMILES string of the molecule is COc1ccc(NC(=O)CCN(C(C)=O)c2ccc(N3CCCC3)cc2)cc1. The fourth-order valence-electron chi connectivity index (χ4n) is 3.40. The highest BCUT2D eigenvalue weighted by atomic mass is 16.5. The van der Waals surface area contributed by atoms with Crippen molar-refractivity contribution >= 4 is 28.9 Å². The molecule has 0 radical (unpaired) electrons. The topological polar surface area (TPSA) is 61.9 Å². The molecule has 3 rings (SSSR count). The highest BCUT2D eigenvalue weighted by Crippen LogP contribution is 2.24. The molecule has 1 aliphatic heterocycles. The number of methoxy groups -OCH3 is 1. The Morgan fingerprint density at radius 2 is 1.68 bits per heavy atom. The molecule has 6 nitrogen and oxygen atoms in total. The lowest BCUT2D eigenvalue weighted by molar-refractivity contribution is -0.117. The molecule has 2 amide bonds. The molecule has 6 heteroatoms. The van der Waals surface area contributed by atoms with Crippen molar-refractivity contribution < 1.29 is 14.3 Å². The Balaban J connectivity index is 1.57. The Morgan fingerprint density at radius 1 is 1.04 bits per heavy atom. The molecule has 148 valence electrons. The lowest BCUT2D eigenvalue weighted by Gasteiger charge is -2.23. The average molecular weight is 381 g/mol. The third-order valence-corrected chi connectivity index (χ3v) is 4.95. The van der Waals surface area contributed by atoms with E-state index >= 15 is 0 Å². The normalized spacial score (nSPS) is 13.3. The van der Waals surface area contributed by atoms with Gasteiger partial charge in [0.15, 0.2) is 0 Å². The van der Waals surface area contributed by atoms with Gasteiger partial charge >= 0.3 is 0 Å². The highest BCUT2D eigenvalue weighted by molar-refractivity contribution is 5.95. The first kappa shape index (κ1) is 19.7. The van der Waals surface area contributed by atoms with Crippen LogP contribution in [0.2, 0.25) is 0 Å². The molecule has 0 aromatic heterocycles. The van der Waals surface area contributed by atoms with Gasteiger partial charge in [-0.3, -0.25) is 9.59 Å². The first-order valence-corrected chi connectivity index (χ1v) is 9.64. The molecule has 0 bridgehead atoms. The minimum atomic E-state index is -0.134. The van der Waals surface area contributed by atoms with E-state index in [9.17, 15) is 9.59 Å². The van der Waals surface area contributed by atoms with Crippen LogP contribution in [-0.4, -0.2) is 38.6 Å². The van der Waals surface area contributed by atoms with Gasteiger partial charge in [0, 0.05) is 50.0 Å². The summed E-state index contributed by atoms with van der Waals surface area (Å²) in [4.78, 5) is 28.4. The van der Waals surface area contributed by atoms with Gasteiger partial charge in [-0.2, -0.15) is 0 Å². The molecule has 1 saturated heterocycles. The number of nitrogens with one attached hydrogen (secondary N) is 1. The van der Waals surface area contributed by atoms with E-state index in [0.29, 0.717) is 12.2 Å². The Labute approximate surface area is 166 Å². The van der Waals surface area contributed by atoms with Crippen molar-refractivity contribution in [3.63, 3.8) is 0 Å². The molecule has 2 aromatic carbocycles. The summed E-state index contributed by atoms with van der Waals surface area (Å²) in [6.45, 7) is 4.03. The van der Waals surface area contributed by atoms with E-state index < -0.39 is 0 Å². The molecule has 0 saturated carbocycles. The highest BCUT2D eigenvalue weighted by Gasteiger charge is 2.16. The Hall–Kier alpha value is -3.02. The van der Waals surface area contributed by atoms with E-state index in [1.165, 1.54) is 25.5 Å². The fourth-order valence-corrected chi connectivity index (χ4v) is 3.40.